The number of alkyl halides is 1. The number of rotatable bonds is 7. The summed E-state index contributed by atoms with van der Waals surface area (Å²) in [5.74, 6) is -1.68. The van der Waals surface area contributed by atoms with E-state index in [0.29, 0.717) is 18.7 Å². The molecule has 0 aromatic heterocycles. The number of hydrogen-bond donors (Lipinski definition) is 3. The molecule has 3 heterocycles. The van der Waals surface area contributed by atoms with Crippen molar-refractivity contribution in [2.45, 2.75) is 40.6 Å². The van der Waals surface area contributed by atoms with Gasteiger partial charge in [0.2, 0.25) is 17.7 Å². The quantitative estimate of drug-likeness (QED) is 0.464. The lowest BCUT2D eigenvalue weighted by Crippen LogP contribution is -2.53. The van der Waals surface area contributed by atoms with Crippen molar-refractivity contribution in [3.05, 3.63) is 42.5 Å². The van der Waals surface area contributed by atoms with E-state index < -0.39 is 22.6 Å². The van der Waals surface area contributed by atoms with Crippen molar-refractivity contribution in [1.82, 2.24) is 10.2 Å². The fraction of sp³-hybridized carbons (Fsp3) is 0.480. The van der Waals surface area contributed by atoms with Gasteiger partial charge in [0.15, 0.2) is 0 Å². The number of β-amino-alcohol motifs (C(OH)–C–C–N with tert-alkyl or cyclic N) is 1. The van der Waals surface area contributed by atoms with E-state index in [0.717, 1.165) is 17.2 Å². The van der Waals surface area contributed by atoms with Gasteiger partial charge in [-0.3, -0.25) is 14.4 Å². The summed E-state index contributed by atoms with van der Waals surface area (Å²) in [6.07, 6.45) is 1.43. The third-order valence-electron chi connectivity index (χ3n) is 7.25. The van der Waals surface area contributed by atoms with Crippen LogP contribution in [0, 0.1) is 11.8 Å². The molecule has 3 aliphatic rings. The smallest absolute Gasteiger partial charge is 0.248 e. The van der Waals surface area contributed by atoms with E-state index >= 15 is 0 Å². The molecule has 3 fully saturated rings. The summed E-state index contributed by atoms with van der Waals surface area (Å²) in [5.41, 5.74) is 0.658. The van der Waals surface area contributed by atoms with E-state index in [1.54, 1.807) is 11.8 Å². The number of carbonyl (C=O) groups is 3. The molecule has 180 valence electrons. The Morgan fingerprint density at radius 1 is 1.21 bits per heavy atom. The van der Waals surface area contributed by atoms with Crippen LogP contribution in [0.4, 0.5) is 5.69 Å². The molecule has 3 saturated heterocycles. The molecule has 34 heavy (non-hydrogen) atoms. The van der Waals surface area contributed by atoms with Crippen LogP contribution in [0.25, 0.3) is 10.8 Å². The maximum absolute atomic E-state index is 13.7. The summed E-state index contributed by atoms with van der Waals surface area (Å²) in [4.78, 5) is 42.0. The Labute approximate surface area is 211 Å². The van der Waals surface area contributed by atoms with E-state index in [9.17, 15) is 19.5 Å². The van der Waals surface area contributed by atoms with Crippen LogP contribution in [0.15, 0.2) is 42.5 Å². The highest BCUT2D eigenvalue weighted by molar-refractivity contribution is 9.09. The maximum atomic E-state index is 13.7. The van der Waals surface area contributed by atoms with Crippen LogP contribution in [0.2, 0.25) is 0 Å². The van der Waals surface area contributed by atoms with Crippen LogP contribution >= 0.6 is 27.7 Å². The van der Waals surface area contributed by atoms with E-state index in [1.165, 1.54) is 4.90 Å². The van der Waals surface area contributed by atoms with Gasteiger partial charge in [0.05, 0.1) is 23.2 Å². The summed E-state index contributed by atoms with van der Waals surface area (Å²) in [5, 5.41) is 17.7. The van der Waals surface area contributed by atoms with Gasteiger partial charge < -0.3 is 20.6 Å². The van der Waals surface area contributed by atoms with Gasteiger partial charge >= 0.3 is 0 Å². The van der Waals surface area contributed by atoms with Gasteiger partial charge in [0, 0.05) is 28.9 Å². The lowest BCUT2D eigenvalue weighted by Gasteiger charge is -2.35. The Hall–Kier alpha value is -2.10. The van der Waals surface area contributed by atoms with E-state index in [4.69, 9.17) is 0 Å². The molecule has 7 nitrogen and oxygen atoms in total. The van der Waals surface area contributed by atoms with Crippen LogP contribution < -0.4 is 10.6 Å². The molecular weight excluding hydrogens is 518 g/mol. The van der Waals surface area contributed by atoms with Gasteiger partial charge in [-0.15, -0.1) is 11.8 Å². The summed E-state index contributed by atoms with van der Waals surface area (Å²) in [7, 11) is 0. The minimum absolute atomic E-state index is 0.0315. The van der Waals surface area contributed by atoms with Gasteiger partial charge in [0.1, 0.15) is 6.04 Å². The number of carbonyl (C=O) groups excluding carboxylic acids is 3. The first-order valence-corrected chi connectivity index (χ1v) is 13.5. The third kappa shape index (κ3) is 3.63. The van der Waals surface area contributed by atoms with Crippen LogP contribution in [-0.4, -0.2) is 68.3 Å². The second-order valence-corrected chi connectivity index (χ2v) is 12.0. The van der Waals surface area contributed by atoms with Gasteiger partial charge in [-0.05, 0) is 35.7 Å². The first kappa shape index (κ1) is 23.6. The number of likely N-dealkylation sites (tertiary alicyclic amines) is 1. The van der Waals surface area contributed by atoms with Crippen LogP contribution in [0.3, 0.4) is 0 Å². The number of benzene rings is 2. The van der Waals surface area contributed by atoms with E-state index in [1.807, 2.05) is 49.4 Å². The fourth-order valence-corrected chi connectivity index (χ4v) is 9.54. The van der Waals surface area contributed by atoms with Crippen molar-refractivity contribution in [3.63, 3.8) is 0 Å². The molecule has 3 N–H and O–H groups in total. The number of anilines is 1. The largest absolute Gasteiger partial charge is 0.395 e. The highest BCUT2D eigenvalue weighted by atomic mass is 79.9. The van der Waals surface area contributed by atoms with Gasteiger partial charge in [-0.25, -0.2) is 0 Å². The van der Waals surface area contributed by atoms with Crippen LogP contribution in [0.5, 0.6) is 0 Å². The molecule has 3 unspecified atom stereocenters. The zero-order valence-electron chi connectivity index (χ0n) is 18.9. The predicted molar refractivity (Wildman–Crippen MR) is 137 cm³/mol. The topological polar surface area (TPSA) is 98.7 Å². The molecule has 2 bridgehead atoms. The average Bonchev–Trinajstić information content (AvgIpc) is 3.41. The van der Waals surface area contributed by atoms with Gasteiger partial charge in [-0.2, -0.15) is 0 Å². The molecule has 0 saturated carbocycles. The molecule has 2 aromatic carbocycles. The summed E-state index contributed by atoms with van der Waals surface area (Å²) >= 11 is 5.34. The number of nitrogens with one attached hydrogen (secondary N) is 2. The van der Waals surface area contributed by atoms with Crippen molar-refractivity contribution >= 4 is 61.9 Å². The normalized spacial score (nSPS) is 31.7. The molecule has 2 aromatic rings. The second kappa shape index (κ2) is 9.17. The minimum atomic E-state index is -0.761. The number of amides is 3. The number of nitrogens with zero attached hydrogens (tertiary/aromatic N) is 1. The summed E-state index contributed by atoms with van der Waals surface area (Å²) in [6, 6.07) is 12.9. The predicted octanol–water partition coefficient (Wildman–Crippen LogP) is 2.76. The average molecular weight is 546 g/mol. The SMILES string of the molecule is CCCNC(=O)[C@H]1[C@H]2C(=O)N(CCO)C(C(=O)Nc3ccc4ccccc4c3)C23CC(Br)[C@@H]1S3. The lowest BCUT2D eigenvalue weighted by molar-refractivity contribution is -0.139. The van der Waals surface area contributed by atoms with Crippen LogP contribution in [0.1, 0.15) is 19.8 Å². The van der Waals surface area contributed by atoms with E-state index in [-0.39, 0.29) is 41.0 Å². The molecular formula is C25H28BrN3O4S. The van der Waals surface area contributed by atoms with Gasteiger partial charge in [0.25, 0.3) is 0 Å². The molecule has 9 heteroatoms. The Morgan fingerprint density at radius 2 is 1.97 bits per heavy atom. The number of fused-ring (bicyclic) bond motifs is 2. The highest BCUT2D eigenvalue weighted by Gasteiger charge is 2.75. The van der Waals surface area contributed by atoms with Crippen molar-refractivity contribution < 1.29 is 19.5 Å². The molecule has 1 spiro atoms. The minimum Gasteiger partial charge on any atom is -0.395 e. The molecule has 0 radical (unpaired) electrons. The lowest BCUT2D eigenvalue weighted by atomic mass is 9.70. The number of aliphatic hydroxyl groups is 1. The first-order valence-electron chi connectivity index (χ1n) is 11.7. The number of aliphatic hydroxyl groups excluding tert-OH is 1. The first-order chi connectivity index (χ1) is 16.4. The number of halogens is 1. The van der Waals surface area contributed by atoms with Crippen molar-refractivity contribution in [1.29, 1.82) is 0 Å². The van der Waals surface area contributed by atoms with Gasteiger partial charge in [-0.1, -0.05) is 53.2 Å². The van der Waals surface area contributed by atoms with Crippen LogP contribution in [-0.2, 0) is 14.4 Å². The maximum Gasteiger partial charge on any atom is 0.248 e. The Bertz CT molecular complexity index is 1150. The van der Waals surface area contributed by atoms with Crippen molar-refractivity contribution in [3.8, 4) is 0 Å². The van der Waals surface area contributed by atoms with Crippen molar-refractivity contribution in [2.24, 2.45) is 11.8 Å². The molecule has 0 aliphatic carbocycles. The fourth-order valence-electron chi connectivity index (χ4n) is 5.92. The molecule has 5 rings (SSSR count). The molecule has 3 aliphatic heterocycles. The second-order valence-electron chi connectivity index (χ2n) is 9.26. The molecule has 6 atom stereocenters. The third-order valence-corrected chi connectivity index (χ3v) is 10.5. The molecule has 3 amide bonds. The Kier molecular flexibility index (Phi) is 6.37. The Balaban J connectivity index is 1.48. The van der Waals surface area contributed by atoms with Crippen molar-refractivity contribution in [2.75, 3.05) is 25.0 Å². The standard InChI is InChI=1S/C25H28BrN3O4S/c1-2-9-27-22(31)18-19-24(33)29(10-11-30)21(25(19)13-17(26)20(18)34-25)23(32)28-16-8-7-14-5-3-4-6-15(14)12-16/h3-8,12,17-21,30H,2,9-11,13H2,1H3,(H,27,31)(H,28,32)/t17?,18-,19-,20-,21?,25?/m0/s1. The summed E-state index contributed by atoms with van der Waals surface area (Å²) in [6.45, 7) is 2.36. The zero-order chi connectivity index (χ0) is 24.0. The highest BCUT2D eigenvalue weighted by Crippen LogP contribution is 2.67. The summed E-state index contributed by atoms with van der Waals surface area (Å²) < 4.78 is -0.708. The number of thioether (sulfide) groups is 1. The monoisotopic (exact) mass is 545 g/mol. The van der Waals surface area contributed by atoms with E-state index in [2.05, 4.69) is 26.6 Å². The number of hydrogen-bond acceptors (Lipinski definition) is 5. The zero-order valence-corrected chi connectivity index (χ0v) is 21.3. The Morgan fingerprint density at radius 3 is 2.71 bits per heavy atom.